The summed E-state index contributed by atoms with van der Waals surface area (Å²) < 4.78 is 12.8. The normalized spacial score (nSPS) is 11.8. The second-order valence-corrected chi connectivity index (χ2v) is 9.14. The molecule has 0 spiro atoms. The fourth-order valence-electron chi connectivity index (χ4n) is 2.68. The zero-order valence-corrected chi connectivity index (χ0v) is 15.8. The molecule has 0 N–H and O–H groups in total. The quantitative estimate of drug-likeness (QED) is 0.369. The standard InChI is InChI=1S/C19H34O2Si/c1-4-7-8-9-13-18-22(20-16-5-2,21-17-6-3)19-14-11-10-12-15-19/h10-12,14-15H,4-9,13,16-18H2,1-3H3. The lowest BCUT2D eigenvalue weighted by Gasteiger charge is -2.31. The van der Waals surface area contributed by atoms with E-state index >= 15 is 0 Å². The lowest BCUT2D eigenvalue weighted by Crippen LogP contribution is -2.54. The third kappa shape index (κ3) is 6.63. The van der Waals surface area contributed by atoms with Gasteiger partial charge in [0.15, 0.2) is 0 Å². The second-order valence-electron chi connectivity index (χ2n) is 5.98. The second kappa shape index (κ2) is 11.9. The zero-order chi connectivity index (χ0) is 16.1. The predicted molar refractivity (Wildman–Crippen MR) is 97.9 cm³/mol. The Morgan fingerprint density at radius 1 is 0.727 bits per heavy atom. The van der Waals surface area contributed by atoms with E-state index < -0.39 is 8.56 Å². The molecule has 0 saturated carbocycles. The molecule has 0 aromatic heterocycles. The molecule has 0 fully saturated rings. The van der Waals surface area contributed by atoms with Gasteiger partial charge in [-0.15, -0.1) is 0 Å². The first kappa shape index (κ1) is 19.4. The first-order chi connectivity index (χ1) is 10.8. The summed E-state index contributed by atoms with van der Waals surface area (Å²) >= 11 is 0. The number of hydrogen-bond donors (Lipinski definition) is 0. The zero-order valence-electron chi connectivity index (χ0n) is 14.8. The lowest BCUT2D eigenvalue weighted by molar-refractivity contribution is 0.178. The minimum atomic E-state index is -2.27. The van der Waals surface area contributed by atoms with E-state index in [0.29, 0.717) is 0 Å². The van der Waals surface area contributed by atoms with E-state index in [1.807, 2.05) is 0 Å². The number of hydrogen-bond acceptors (Lipinski definition) is 2. The van der Waals surface area contributed by atoms with Crippen LogP contribution < -0.4 is 5.19 Å². The fraction of sp³-hybridized carbons (Fsp3) is 0.684. The van der Waals surface area contributed by atoms with Gasteiger partial charge >= 0.3 is 8.56 Å². The summed E-state index contributed by atoms with van der Waals surface area (Å²) in [5.74, 6) is 0. The predicted octanol–water partition coefficient (Wildman–Crippen LogP) is 5.16. The minimum absolute atomic E-state index is 0.805. The smallest absolute Gasteiger partial charge is 0.372 e. The van der Waals surface area contributed by atoms with Crippen molar-refractivity contribution in [2.45, 2.75) is 71.8 Å². The summed E-state index contributed by atoms with van der Waals surface area (Å²) in [5.41, 5.74) is 0. The molecule has 0 heterocycles. The monoisotopic (exact) mass is 322 g/mol. The highest BCUT2D eigenvalue weighted by molar-refractivity contribution is 6.81. The Balaban J connectivity index is 2.78. The van der Waals surface area contributed by atoms with Crippen molar-refractivity contribution in [3.8, 4) is 0 Å². The molecule has 0 atom stereocenters. The van der Waals surface area contributed by atoms with Gasteiger partial charge < -0.3 is 8.85 Å². The van der Waals surface area contributed by atoms with Crippen LogP contribution >= 0.6 is 0 Å². The summed E-state index contributed by atoms with van der Waals surface area (Å²) in [5, 5.41) is 1.30. The average Bonchev–Trinajstić information content (AvgIpc) is 2.57. The lowest BCUT2D eigenvalue weighted by atomic mass is 10.2. The Morgan fingerprint density at radius 2 is 1.32 bits per heavy atom. The molecule has 0 saturated heterocycles. The number of rotatable bonds is 13. The Kier molecular flexibility index (Phi) is 10.5. The van der Waals surface area contributed by atoms with E-state index in [2.05, 4.69) is 51.1 Å². The maximum absolute atomic E-state index is 6.39. The Morgan fingerprint density at radius 3 is 1.86 bits per heavy atom. The minimum Gasteiger partial charge on any atom is -0.391 e. The van der Waals surface area contributed by atoms with Crippen molar-refractivity contribution >= 4 is 13.7 Å². The van der Waals surface area contributed by atoms with Crippen molar-refractivity contribution in [2.24, 2.45) is 0 Å². The molecule has 0 aliphatic heterocycles. The summed E-state index contributed by atoms with van der Waals surface area (Å²) in [6.07, 6.45) is 8.57. The molecule has 0 radical (unpaired) electrons. The maximum Gasteiger partial charge on any atom is 0.372 e. The molecule has 1 aromatic carbocycles. The van der Waals surface area contributed by atoms with Gasteiger partial charge in [0.25, 0.3) is 0 Å². The molecule has 0 unspecified atom stereocenters. The van der Waals surface area contributed by atoms with Crippen molar-refractivity contribution in [1.29, 1.82) is 0 Å². The Hall–Kier alpha value is -0.643. The summed E-state index contributed by atoms with van der Waals surface area (Å²) in [6.45, 7) is 8.22. The van der Waals surface area contributed by atoms with Gasteiger partial charge in [-0.1, -0.05) is 83.2 Å². The van der Waals surface area contributed by atoms with Crippen LogP contribution in [0.5, 0.6) is 0 Å². The Bertz CT molecular complexity index is 359. The van der Waals surface area contributed by atoms with Gasteiger partial charge in [0.05, 0.1) is 0 Å². The van der Waals surface area contributed by atoms with Crippen LogP contribution in [-0.2, 0) is 8.85 Å². The van der Waals surface area contributed by atoms with E-state index in [1.54, 1.807) is 0 Å². The molecule has 126 valence electrons. The van der Waals surface area contributed by atoms with Crippen molar-refractivity contribution in [2.75, 3.05) is 13.2 Å². The molecular formula is C19H34O2Si. The highest BCUT2D eigenvalue weighted by Gasteiger charge is 2.39. The molecule has 0 bridgehead atoms. The average molecular weight is 323 g/mol. The van der Waals surface area contributed by atoms with Gasteiger partial charge in [-0.25, -0.2) is 0 Å². The van der Waals surface area contributed by atoms with Gasteiger partial charge in [-0.3, -0.25) is 0 Å². The van der Waals surface area contributed by atoms with Crippen molar-refractivity contribution in [3.63, 3.8) is 0 Å². The van der Waals surface area contributed by atoms with Gasteiger partial charge in [0.2, 0.25) is 0 Å². The molecule has 2 nitrogen and oxygen atoms in total. The van der Waals surface area contributed by atoms with Crippen LogP contribution in [0.4, 0.5) is 0 Å². The third-order valence-electron chi connectivity index (χ3n) is 3.90. The van der Waals surface area contributed by atoms with Crippen LogP contribution in [0.25, 0.3) is 0 Å². The topological polar surface area (TPSA) is 18.5 Å². The van der Waals surface area contributed by atoms with Crippen LogP contribution in [0.15, 0.2) is 30.3 Å². The van der Waals surface area contributed by atoms with E-state index in [4.69, 9.17) is 8.85 Å². The van der Waals surface area contributed by atoms with Gasteiger partial charge in [0, 0.05) is 13.2 Å². The molecule has 0 aliphatic carbocycles. The third-order valence-corrected chi connectivity index (χ3v) is 7.47. The molecule has 3 heteroatoms. The largest absolute Gasteiger partial charge is 0.391 e. The van der Waals surface area contributed by atoms with E-state index in [1.165, 1.54) is 37.3 Å². The summed E-state index contributed by atoms with van der Waals surface area (Å²) in [7, 11) is -2.27. The van der Waals surface area contributed by atoms with Crippen molar-refractivity contribution < 1.29 is 8.85 Å². The fourth-order valence-corrected chi connectivity index (χ4v) is 6.16. The molecule has 22 heavy (non-hydrogen) atoms. The first-order valence-electron chi connectivity index (χ1n) is 9.12. The first-order valence-corrected chi connectivity index (χ1v) is 11.1. The highest BCUT2D eigenvalue weighted by atomic mass is 28.4. The van der Waals surface area contributed by atoms with Gasteiger partial charge in [0.1, 0.15) is 0 Å². The molecule has 0 amide bonds. The Labute approximate surface area is 138 Å². The van der Waals surface area contributed by atoms with E-state index in [-0.39, 0.29) is 0 Å². The van der Waals surface area contributed by atoms with Crippen LogP contribution in [0, 0.1) is 0 Å². The SMILES string of the molecule is CCCCCCC[Si](OCCC)(OCCC)c1ccccc1. The molecule has 1 rings (SSSR count). The van der Waals surface area contributed by atoms with Gasteiger partial charge in [-0.05, 0) is 24.1 Å². The van der Waals surface area contributed by atoms with Gasteiger partial charge in [-0.2, -0.15) is 0 Å². The highest BCUT2D eigenvalue weighted by Crippen LogP contribution is 2.20. The molecular weight excluding hydrogens is 288 g/mol. The van der Waals surface area contributed by atoms with Crippen LogP contribution in [-0.4, -0.2) is 21.8 Å². The number of unbranched alkanes of at least 4 members (excludes halogenated alkanes) is 4. The van der Waals surface area contributed by atoms with E-state index in [9.17, 15) is 0 Å². The van der Waals surface area contributed by atoms with Crippen LogP contribution in [0.3, 0.4) is 0 Å². The molecule has 0 aliphatic rings. The summed E-state index contributed by atoms with van der Waals surface area (Å²) in [6, 6.07) is 11.8. The number of benzene rings is 1. The maximum atomic E-state index is 6.39. The van der Waals surface area contributed by atoms with Crippen molar-refractivity contribution in [1.82, 2.24) is 0 Å². The van der Waals surface area contributed by atoms with E-state index in [0.717, 1.165) is 32.1 Å². The van der Waals surface area contributed by atoms with Crippen LogP contribution in [0.1, 0.15) is 65.7 Å². The van der Waals surface area contributed by atoms with Crippen molar-refractivity contribution in [3.05, 3.63) is 30.3 Å². The summed E-state index contributed by atoms with van der Waals surface area (Å²) in [4.78, 5) is 0. The van der Waals surface area contributed by atoms with Crippen LogP contribution in [0.2, 0.25) is 6.04 Å². The molecule has 1 aromatic rings.